The molecule has 0 bridgehead atoms. The van der Waals surface area contributed by atoms with Gasteiger partial charge in [-0.25, -0.2) is 9.67 Å². The number of piperidine rings is 1. The number of hydrogen-bond acceptors (Lipinski definition) is 4. The number of rotatable bonds is 2. The average Bonchev–Trinajstić information content (AvgIpc) is 3.21. The summed E-state index contributed by atoms with van der Waals surface area (Å²) in [5, 5.41) is 7.90. The van der Waals surface area contributed by atoms with Crippen molar-refractivity contribution in [3.05, 3.63) is 41.3 Å². The second kappa shape index (κ2) is 8.59. The molecule has 0 atom stereocenters. The Morgan fingerprint density at radius 3 is 2.41 bits per heavy atom. The number of carbonyl (C=O) groups excluding carboxylic acids is 1. The Balaban J connectivity index is 0.00000131. The minimum Gasteiger partial charge on any atom is -0.339 e. The third-order valence-corrected chi connectivity index (χ3v) is 5.66. The van der Waals surface area contributed by atoms with Gasteiger partial charge < -0.3 is 10.2 Å². The number of nitrogens with one attached hydrogen (secondary N) is 1. The fourth-order valence-electron chi connectivity index (χ4n) is 4.09. The number of pyridine rings is 1. The summed E-state index contributed by atoms with van der Waals surface area (Å²) < 4.78 is 1.81. The third-order valence-electron chi connectivity index (χ3n) is 5.66. The van der Waals surface area contributed by atoms with Gasteiger partial charge in [0, 0.05) is 31.5 Å². The van der Waals surface area contributed by atoms with Crippen LogP contribution in [0.1, 0.15) is 41.0 Å². The number of nitrogens with zero attached hydrogens (tertiary/aromatic N) is 4. The van der Waals surface area contributed by atoms with Gasteiger partial charge in [0.25, 0.3) is 5.91 Å². The van der Waals surface area contributed by atoms with E-state index in [9.17, 15) is 4.79 Å². The van der Waals surface area contributed by atoms with Gasteiger partial charge in [-0.1, -0.05) is 0 Å². The van der Waals surface area contributed by atoms with Crippen LogP contribution in [0.2, 0.25) is 0 Å². The second-order valence-electron chi connectivity index (χ2n) is 7.46. The average molecular weight is 412 g/mol. The molecule has 0 radical (unpaired) electrons. The largest absolute Gasteiger partial charge is 0.339 e. The highest BCUT2D eigenvalue weighted by Gasteiger charge is 2.38. The van der Waals surface area contributed by atoms with Gasteiger partial charge in [-0.05, 0) is 63.3 Å². The number of aromatic nitrogens is 3. The smallest absolute Gasteiger partial charge is 0.255 e. The lowest BCUT2D eigenvalue weighted by atomic mass is 9.78. The third kappa shape index (κ3) is 4.28. The molecule has 2 aromatic rings. The molecule has 1 spiro atoms. The van der Waals surface area contributed by atoms with E-state index in [1.807, 2.05) is 36.9 Å². The van der Waals surface area contributed by atoms with Crippen molar-refractivity contribution in [1.82, 2.24) is 25.0 Å². The zero-order valence-electron chi connectivity index (χ0n) is 15.8. The van der Waals surface area contributed by atoms with Gasteiger partial charge in [0.2, 0.25) is 0 Å². The van der Waals surface area contributed by atoms with Crippen molar-refractivity contribution in [1.29, 1.82) is 0 Å². The van der Waals surface area contributed by atoms with E-state index >= 15 is 0 Å². The Bertz CT molecular complexity index is 774. The van der Waals surface area contributed by atoms with Gasteiger partial charge in [-0.15, -0.1) is 24.8 Å². The summed E-state index contributed by atoms with van der Waals surface area (Å²) in [4.78, 5) is 19.2. The van der Waals surface area contributed by atoms with Gasteiger partial charge in [0.05, 0.1) is 11.3 Å². The number of hydrogen-bond donors (Lipinski definition) is 1. The topological polar surface area (TPSA) is 63.1 Å². The lowest BCUT2D eigenvalue weighted by Gasteiger charge is -2.38. The van der Waals surface area contributed by atoms with Crippen LogP contribution in [-0.4, -0.2) is 51.8 Å². The molecule has 6 nitrogen and oxygen atoms in total. The van der Waals surface area contributed by atoms with Crippen molar-refractivity contribution in [2.45, 2.75) is 33.1 Å². The Labute approximate surface area is 172 Å². The maximum atomic E-state index is 12.8. The molecule has 2 aromatic heterocycles. The summed E-state index contributed by atoms with van der Waals surface area (Å²) in [5.41, 5.74) is 3.08. The van der Waals surface area contributed by atoms with E-state index in [0.29, 0.717) is 11.0 Å². The van der Waals surface area contributed by atoms with Crippen molar-refractivity contribution in [3.8, 4) is 5.82 Å². The summed E-state index contributed by atoms with van der Waals surface area (Å²) in [6, 6.07) is 5.75. The first-order valence-electron chi connectivity index (χ1n) is 9.06. The summed E-state index contributed by atoms with van der Waals surface area (Å²) in [7, 11) is 0. The molecular weight excluding hydrogens is 385 g/mol. The zero-order chi connectivity index (χ0) is 17.4. The molecule has 0 saturated carbocycles. The molecule has 4 heterocycles. The molecule has 2 aliphatic rings. The van der Waals surface area contributed by atoms with Gasteiger partial charge in [0.15, 0.2) is 5.82 Å². The highest BCUT2D eigenvalue weighted by molar-refractivity contribution is 5.94. The molecule has 8 heteroatoms. The van der Waals surface area contributed by atoms with E-state index in [0.717, 1.165) is 56.2 Å². The first-order valence-corrected chi connectivity index (χ1v) is 9.06. The van der Waals surface area contributed by atoms with Crippen LogP contribution in [0.25, 0.3) is 5.82 Å². The van der Waals surface area contributed by atoms with E-state index in [2.05, 4.69) is 15.4 Å². The molecule has 27 heavy (non-hydrogen) atoms. The van der Waals surface area contributed by atoms with Crippen LogP contribution >= 0.6 is 24.8 Å². The molecule has 2 fully saturated rings. The Hall–Kier alpha value is -1.63. The van der Waals surface area contributed by atoms with Crippen molar-refractivity contribution in [3.63, 3.8) is 0 Å². The second-order valence-corrected chi connectivity index (χ2v) is 7.46. The van der Waals surface area contributed by atoms with Crippen LogP contribution in [0.15, 0.2) is 24.4 Å². The summed E-state index contributed by atoms with van der Waals surface area (Å²) in [6.07, 6.45) is 5.12. The van der Waals surface area contributed by atoms with E-state index in [1.54, 1.807) is 10.9 Å². The van der Waals surface area contributed by atoms with E-state index in [-0.39, 0.29) is 30.7 Å². The van der Waals surface area contributed by atoms with Crippen LogP contribution in [0.5, 0.6) is 0 Å². The predicted octanol–water partition coefficient (Wildman–Crippen LogP) is 2.94. The van der Waals surface area contributed by atoms with E-state index in [4.69, 9.17) is 0 Å². The number of amides is 1. The van der Waals surface area contributed by atoms with Crippen molar-refractivity contribution >= 4 is 30.7 Å². The number of carbonyl (C=O) groups is 1. The Kier molecular flexibility index (Phi) is 6.89. The van der Waals surface area contributed by atoms with Gasteiger partial charge in [0.1, 0.15) is 0 Å². The molecular formula is C19H27Cl2N5O. The number of aryl methyl sites for hydroxylation is 2. The fraction of sp³-hybridized carbons (Fsp3) is 0.526. The zero-order valence-corrected chi connectivity index (χ0v) is 17.4. The lowest BCUT2D eigenvalue weighted by molar-refractivity contribution is 0.0607. The highest BCUT2D eigenvalue weighted by atomic mass is 35.5. The Morgan fingerprint density at radius 2 is 1.89 bits per heavy atom. The molecule has 1 amide bonds. The maximum absolute atomic E-state index is 12.8. The molecule has 2 aliphatic heterocycles. The van der Waals surface area contributed by atoms with Crippen molar-refractivity contribution in [2.75, 3.05) is 26.2 Å². The van der Waals surface area contributed by atoms with Crippen LogP contribution < -0.4 is 5.32 Å². The van der Waals surface area contributed by atoms with Crippen LogP contribution in [0, 0.1) is 19.3 Å². The predicted molar refractivity (Wildman–Crippen MR) is 110 cm³/mol. The number of likely N-dealkylation sites (tertiary alicyclic amines) is 1. The highest BCUT2D eigenvalue weighted by Crippen LogP contribution is 2.37. The maximum Gasteiger partial charge on any atom is 0.255 e. The number of halogens is 2. The molecule has 1 N–H and O–H groups in total. The summed E-state index contributed by atoms with van der Waals surface area (Å²) in [6.45, 7) is 7.88. The van der Waals surface area contributed by atoms with Crippen LogP contribution in [0.4, 0.5) is 0 Å². The van der Waals surface area contributed by atoms with E-state index < -0.39 is 0 Å². The summed E-state index contributed by atoms with van der Waals surface area (Å²) in [5.74, 6) is 0.838. The SMILES string of the molecule is Cc1cc(C)n(-c2ccc(C(=O)N3CCC4(CCNC4)CC3)cn2)n1.Cl.Cl. The van der Waals surface area contributed by atoms with Crippen LogP contribution in [-0.2, 0) is 0 Å². The standard InChI is InChI=1S/C19H25N5O.2ClH/c1-14-11-15(2)24(22-14)17-4-3-16(12-21-17)18(25)23-9-6-19(7-10-23)5-8-20-13-19;;/h3-4,11-12,20H,5-10,13H2,1-2H3;2*1H. The molecule has 4 rings (SSSR count). The normalized spacial score (nSPS) is 18.1. The molecule has 0 aliphatic carbocycles. The van der Waals surface area contributed by atoms with Gasteiger partial charge >= 0.3 is 0 Å². The minimum absolute atomic E-state index is 0. The van der Waals surface area contributed by atoms with Gasteiger partial charge in [-0.2, -0.15) is 5.10 Å². The molecule has 2 saturated heterocycles. The molecule has 0 aromatic carbocycles. The van der Waals surface area contributed by atoms with Gasteiger partial charge in [-0.3, -0.25) is 4.79 Å². The molecule has 0 unspecified atom stereocenters. The van der Waals surface area contributed by atoms with Crippen molar-refractivity contribution in [2.24, 2.45) is 5.41 Å². The van der Waals surface area contributed by atoms with Crippen molar-refractivity contribution < 1.29 is 4.79 Å². The first kappa shape index (κ1) is 21.7. The van der Waals surface area contributed by atoms with Crippen LogP contribution in [0.3, 0.4) is 0 Å². The van der Waals surface area contributed by atoms with E-state index in [1.165, 1.54) is 6.42 Å². The molecule has 148 valence electrons. The Morgan fingerprint density at radius 1 is 1.15 bits per heavy atom. The summed E-state index contributed by atoms with van der Waals surface area (Å²) >= 11 is 0. The fourth-order valence-corrected chi connectivity index (χ4v) is 4.09. The first-order chi connectivity index (χ1) is 12.1. The quantitative estimate of drug-likeness (QED) is 0.824. The minimum atomic E-state index is 0. The monoisotopic (exact) mass is 411 g/mol. The lowest BCUT2D eigenvalue weighted by Crippen LogP contribution is -2.44.